The van der Waals surface area contributed by atoms with Gasteiger partial charge in [0.2, 0.25) is 0 Å². The Hall–Kier alpha value is -2.14. The number of hydrogen-bond acceptors (Lipinski definition) is 4. The van der Waals surface area contributed by atoms with Gasteiger partial charge in [0.1, 0.15) is 5.75 Å². The Labute approximate surface area is 110 Å². The molecule has 0 fully saturated rings. The van der Waals surface area contributed by atoms with Crippen molar-refractivity contribution < 1.29 is 9.84 Å². The smallest absolute Gasteiger partial charge is 0.270 e. The molecule has 0 amide bonds. The van der Waals surface area contributed by atoms with Gasteiger partial charge in [-0.1, -0.05) is 12.1 Å². The number of benzene rings is 1. The Bertz CT molecular complexity index is 642. The van der Waals surface area contributed by atoms with Gasteiger partial charge in [-0.05, 0) is 32.0 Å². The van der Waals surface area contributed by atoms with Crippen LogP contribution in [0.5, 0.6) is 5.75 Å². The van der Waals surface area contributed by atoms with Crippen molar-refractivity contribution in [2.24, 2.45) is 0 Å². The highest BCUT2D eigenvalue weighted by molar-refractivity contribution is 5.61. The van der Waals surface area contributed by atoms with Crippen LogP contribution < -0.4 is 10.3 Å². The molecule has 100 valence electrons. The Morgan fingerprint density at radius 2 is 2.05 bits per heavy atom. The summed E-state index contributed by atoms with van der Waals surface area (Å²) in [6, 6.07) is 8.93. The first-order valence-electron chi connectivity index (χ1n) is 5.89. The number of ether oxygens (including phenoxy) is 1. The summed E-state index contributed by atoms with van der Waals surface area (Å²) < 4.78 is 5.15. The summed E-state index contributed by atoms with van der Waals surface area (Å²) >= 11 is 0. The van der Waals surface area contributed by atoms with Crippen molar-refractivity contribution in [2.75, 3.05) is 7.11 Å². The monoisotopic (exact) mass is 260 g/mol. The molecule has 5 nitrogen and oxygen atoms in total. The molecule has 0 spiro atoms. The standard InChI is InChI=1S/C14H16N2O3/c1-14(2,18)11-8-12(15-16-13(11)17)9-5-4-6-10(7-9)19-3/h4-8,18H,1-3H3,(H,16,17). The summed E-state index contributed by atoms with van der Waals surface area (Å²) in [5.74, 6) is 0.704. The second kappa shape index (κ2) is 4.85. The summed E-state index contributed by atoms with van der Waals surface area (Å²) in [7, 11) is 1.58. The van der Waals surface area contributed by atoms with E-state index in [0.717, 1.165) is 5.56 Å². The summed E-state index contributed by atoms with van der Waals surface area (Å²) in [6.07, 6.45) is 0. The number of aliphatic hydroxyl groups is 1. The molecule has 1 heterocycles. The van der Waals surface area contributed by atoms with Crippen LogP contribution in [0.15, 0.2) is 35.1 Å². The molecule has 0 atom stereocenters. The van der Waals surface area contributed by atoms with Crippen LogP contribution in [0.1, 0.15) is 19.4 Å². The molecular weight excluding hydrogens is 244 g/mol. The van der Waals surface area contributed by atoms with E-state index < -0.39 is 5.60 Å². The summed E-state index contributed by atoms with van der Waals surface area (Å²) in [4.78, 5) is 11.7. The van der Waals surface area contributed by atoms with Crippen LogP contribution in [0.2, 0.25) is 0 Å². The van der Waals surface area contributed by atoms with E-state index in [1.165, 1.54) is 0 Å². The number of nitrogens with zero attached hydrogens (tertiary/aromatic N) is 1. The Morgan fingerprint density at radius 1 is 1.32 bits per heavy atom. The molecule has 5 heteroatoms. The molecule has 2 rings (SSSR count). The number of rotatable bonds is 3. The molecule has 2 aromatic rings. The van der Waals surface area contributed by atoms with Crippen LogP contribution in [0, 0.1) is 0 Å². The molecule has 0 unspecified atom stereocenters. The fraction of sp³-hybridized carbons (Fsp3) is 0.286. The van der Waals surface area contributed by atoms with E-state index in [4.69, 9.17) is 4.74 Å². The lowest BCUT2D eigenvalue weighted by Gasteiger charge is -2.16. The van der Waals surface area contributed by atoms with Gasteiger partial charge in [-0.2, -0.15) is 5.10 Å². The molecule has 0 aliphatic heterocycles. The lowest BCUT2D eigenvalue weighted by Crippen LogP contribution is -2.27. The van der Waals surface area contributed by atoms with Crippen LogP contribution in [0.3, 0.4) is 0 Å². The van der Waals surface area contributed by atoms with E-state index in [2.05, 4.69) is 10.2 Å². The van der Waals surface area contributed by atoms with Gasteiger partial charge < -0.3 is 9.84 Å². The van der Waals surface area contributed by atoms with Gasteiger partial charge in [0.25, 0.3) is 5.56 Å². The third kappa shape index (κ3) is 2.82. The minimum atomic E-state index is -1.22. The maximum Gasteiger partial charge on any atom is 0.270 e. The summed E-state index contributed by atoms with van der Waals surface area (Å²) in [5.41, 5.74) is 0.0561. The second-order valence-corrected chi connectivity index (χ2v) is 4.79. The van der Waals surface area contributed by atoms with Crippen molar-refractivity contribution in [3.8, 4) is 17.0 Å². The lowest BCUT2D eigenvalue weighted by atomic mass is 9.98. The molecule has 1 aromatic heterocycles. The SMILES string of the molecule is COc1cccc(-c2cc(C(C)(C)O)c(=O)[nH]n2)c1. The van der Waals surface area contributed by atoms with Gasteiger partial charge in [-0.25, -0.2) is 5.10 Å². The second-order valence-electron chi connectivity index (χ2n) is 4.79. The maximum absolute atomic E-state index is 11.7. The predicted molar refractivity (Wildman–Crippen MR) is 72.1 cm³/mol. The van der Waals surface area contributed by atoms with Crippen LogP contribution >= 0.6 is 0 Å². The van der Waals surface area contributed by atoms with Crippen molar-refractivity contribution in [3.63, 3.8) is 0 Å². The highest BCUT2D eigenvalue weighted by Crippen LogP contribution is 2.24. The molecule has 0 saturated carbocycles. The summed E-state index contributed by atoms with van der Waals surface area (Å²) in [6.45, 7) is 3.12. The molecule has 0 radical (unpaired) electrons. The highest BCUT2D eigenvalue weighted by Gasteiger charge is 2.21. The minimum absolute atomic E-state index is 0.278. The average molecular weight is 260 g/mol. The number of hydrogen-bond donors (Lipinski definition) is 2. The van der Waals surface area contributed by atoms with Crippen molar-refractivity contribution in [1.29, 1.82) is 0 Å². The minimum Gasteiger partial charge on any atom is -0.497 e. The van der Waals surface area contributed by atoms with Gasteiger partial charge in [-0.15, -0.1) is 0 Å². The zero-order valence-electron chi connectivity index (χ0n) is 11.1. The van der Waals surface area contributed by atoms with Crippen molar-refractivity contribution >= 4 is 0 Å². The third-order valence-electron chi connectivity index (χ3n) is 2.83. The predicted octanol–water partition coefficient (Wildman–Crippen LogP) is 1.67. The molecule has 19 heavy (non-hydrogen) atoms. The highest BCUT2D eigenvalue weighted by atomic mass is 16.5. The molecule has 0 aliphatic rings. The van der Waals surface area contributed by atoms with E-state index in [9.17, 15) is 9.90 Å². The van der Waals surface area contributed by atoms with Crippen molar-refractivity contribution in [2.45, 2.75) is 19.4 Å². The first-order chi connectivity index (χ1) is 8.91. The number of aromatic nitrogens is 2. The van der Waals surface area contributed by atoms with Gasteiger partial charge in [0, 0.05) is 5.56 Å². The third-order valence-corrected chi connectivity index (χ3v) is 2.83. The fourth-order valence-corrected chi connectivity index (χ4v) is 1.79. The van der Waals surface area contributed by atoms with E-state index in [-0.39, 0.29) is 11.1 Å². The Kier molecular flexibility index (Phi) is 3.40. The molecular formula is C14H16N2O3. The quantitative estimate of drug-likeness (QED) is 0.880. The van der Waals surface area contributed by atoms with Crippen LogP contribution in [0.4, 0.5) is 0 Å². The number of methoxy groups -OCH3 is 1. The molecule has 0 aliphatic carbocycles. The summed E-state index contributed by atoms with van der Waals surface area (Å²) in [5, 5.41) is 16.4. The van der Waals surface area contributed by atoms with Gasteiger partial charge >= 0.3 is 0 Å². The topological polar surface area (TPSA) is 75.2 Å². The van der Waals surface area contributed by atoms with E-state index in [0.29, 0.717) is 11.4 Å². The molecule has 0 bridgehead atoms. The van der Waals surface area contributed by atoms with Crippen LogP contribution in [-0.4, -0.2) is 22.4 Å². The van der Waals surface area contributed by atoms with E-state index in [1.807, 2.05) is 24.3 Å². The van der Waals surface area contributed by atoms with Gasteiger partial charge in [0.05, 0.1) is 24.0 Å². The normalized spacial score (nSPS) is 11.4. The zero-order valence-corrected chi connectivity index (χ0v) is 11.1. The zero-order chi connectivity index (χ0) is 14.0. The first-order valence-corrected chi connectivity index (χ1v) is 5.89. The van der Waals surface area contributed by atoms with Gasteiger partial charge in [0.15, 0.2) is 0 Å². The number of aromatic amines is 1. The molecule has 1 aromatic carbocycles. The van der Waals surface area contributed by atoms with E-state index in [1.54, 1.807) is 27.0 Å². The van der Waals surface area contributed by atoms with E-state index >= 15 is 0 Å². The first kappa shape index (κ1) is 13.3. The van der Waals surface area contributed by atoms with Crippen LogP contribution in [0.25, 0.3) is 11.3 Å². The van der Waals surface area contributed by atoms with Crippen molar-refractivity contribution in [3.05, 3.63) is 46.2 Å². The molecule has 0 saturated heterocycles. The lowest BCUT2D eigenvalue weighted by molar-refractivity contribution is 0.0769. The Balaban J connectivity index is 2.54. The Morgan fingerprint density at radius 3 is 2.68 bits per heavy atom. The largest absolute Gasteiger partial charge is 0.497 e. The molecule has 2 N–H and O–H groups in total. The number of nitrogens with one attached hydrogen (secondary N) is 1. The average Bonchev–Trinajstić information content (AvgIpc) is 2.38. The number of H-pyrrole nitrogens is 1. The fourth-order valence-electron chi connectivity index (χ4n) is 1.79. The van der Waals surface area contributed by atoms with Gasteiger partial charge in [-0.3, -0.25) is 4.79 Å². The van der Waals surface area contributed by atoms with Crippen LogP contribution in [-0.2, 0) is 5.60 Å². The maximum atomic E-state index is 11.7. The van der Waals surface area contributed by atoms with Crippen molar-refractivity contribution in [1.82, 2.24) is 10.2 Å².